The number of unbranched alkanes of at least 4 members (excludes halogenated alkanes) is 25. The first-order valence-corrected chi connectivity index (χ1v) is 20.0. The molecule has 1 amide bonds. The fraction of sp³-hybridized carbons (Fsp3) is 0.917. The predicted octanol–water partition coefficient (Wildman–Crippen LogP) is 10.2. The first kappa shape index (κ1) is 42.1. The number of aliphatic hydroxyl groups is 1. The third kappa shape index (κ3) is 32.3. The fourth-order valence-electron chi connectivity index (χ4n) is 5.68. The Hall–Kier alpha value is -0.920. The van der Waals surface area contributed by atoms with Gasteiger partial charge in [-0.2, -0.15) is 8.42 Å². The summed E-state index contributed by atoms with van der Waals surface area (Å²) in [6.45, 7) is 4.46. The van der Waals surface area contributed by atoms with Gasteiger partial charge in [-0.3, -0.25) is 9.35 Å². The molecule has 0 aromatic heterocycles. The molecular formula is C36H71NO5S. The Balaban J connectivity index is 3.79. The van der Waals surface area contributed by atoms with Crippen molar-refractivity contribution in [3.05, 3.63) is 12.2 Å². The van der Waals surface area contributed by atoms with Crippen LogP contribution in [0.4, 0.5) is 0 Å². The molecule has 2 unspecified atom stereocenters. The highest BCUT2D eigenvalue weighted by molar-refractivity contribution is 7.85. The molecule has 0 rings (SSSR count). The average Bonchev–Trinajstić information content (AvgIpc) is 2.96. The second-order valence-corrected chi connectivity index (χ2v) is 14.4. The van der Waals surface area contributed by atoms with Crippen LogP contribution >= 0.6 is 0 Å². The number of nitrogens with one attached hydrogen (secondary N) is 1. The molecule has 0 saturated heterocycles. The van der Waals surface area contributed by atoms with Crippen LogP contribution < -0.4 is 5.32 Å². The van der Waals surface area contributed by atoms with Crippen LogP contribution in [0.3, 0.4) is 0 Å². The lowest BCUT2D eigenvalue weighted by molar-refractivity contribution is -0.122. The number of carbonyl (C=O) groups excluding carboxylic acids is 1. The normalized spacial score (nSPS) is 13.5. The lowest BCUT2D eigenvalue weighted by atomic mass is 10.0. The van der Waals surface area contributed by atoms with Crippen LogP contribution in [-0.2, 0) is 14.9 Å². The minimum Gasteiger partial charge on any atom is -0.387 e. The highest BCUT2D eigenvalue weighted by atomic mass is 32.2. The Morgan fingerprint density at radius 1 is 0.605 bits per heavy atom. The van der Waals surface area contributed by atoms with Crippen molar-refractivity contribution in [1.29, 1.82) is 0 Å². The van der Waals surface area contributed by atoms with Crippen LogP contribution in [0.15, 0.2) is 12.2 Å². The van der Waals surface area contributed by atoms with Gasteiger partial charge >= 0.3 is 0 Å². The van der Waals surface area contributed by atoms with Gasteiger partial charge in [0.1, 0.15) is 0 Å². The van der Waals surface area contributed by atoms with Crippen molar-refractivity contribution in [1.82, 2.24) is 5.32 Å². The van der Waals surface area contributed by atoms with Gasteiger partial charge in [-0.25, -0.2) is 0 Å². The van der Waals surface area contributed by atoms with E-state index in [-0.39, 0.29) is 5.91 Å². The van der Waals surface area contributed by atoms with E-state index in [0.717, 1.165) is 38.5 Å². The van der Waals surface area contributed by atoms with Crippen LogP contribution in [0.5, 0.6) is 0 Å². The molecule has 0 aliphatic rings. The van der Waals surface area contributed by atoms with E-state index in [1.165, 1.54) is 135 Å². The molecule has 0 bridgehead atoms. The van der Waals surface area contributed by atoms with Crippen molar-refractivity contribution >= 4 is 16.0 Å². The predicted molar refractivity (Wildman–Crippen MR) is 184 cm³/mol. The maximum absolute atomic E-state index is 12.4. The Bertz CT molecular complexity index is 740. The molecule has 0 heterocycles. The van der Waals surface area contributed by atoms with Gasteiger partial charge in [0.25, 0.3) is 10.1 Å². The first-order valence-electron chi connectivity index (χ1n) is 18.4. The third-order valence-electron chi connectivity index (χ3n) is 8.46. The summed E-state index contributed by atoms with van der Waals surface area (Å²) in [4.78, 5) is 12.4. The quantitative estimate of drug-likeness (QED) is 0.0381. The minimum absolute atomic E-state index is 0.278. The Morgan fingerprint density at radius 2 is 0.953 bits per heavy atom. The Morgan fingerprint density at radius 3 is 1.33 bits per heavy atom. The van der Waals surface area contributed by atoms with Gasteiger partial charge < -0.3 is 10.4 Å². The third-order valence-corrected chi connectivity index (χ3v) is 9.24. The molecule has 0 saturated carbocycles. The van der Waals surface area contributed by atoms with E-state index in [0.29, 0.717) is 6.42 Å². The second-order valence-electron chi connectivity index (χ2n) is 12.9. The largest absolute Gasteiger partial charge is 0.387 e. The van der Waals surface area contributed by atoms with Crippen LogP contribution in [0.1, 0.15) is 194 Å². The van der Waals surface area contributed by atoms with Crippen molar-refractivity contribution in [3.8, 4) is 0 Å². The summed E-state index contributed by atoms with van der Waals surface area (Å²) in [5.74, 6) is -0.972. The van der Waals surface area contributed by atoms with Gasteiger partial charge in [-0.05, 0) is 19.3 Å². The molecular weight excluding hydrogens is 558 g/mol. The van der Waals surface area contributed by atoms with E-state index >= 15 is 0 Å². The number of hydrogen-bond acceptors (Lipinski definition) is 4. The summed E-state index contributed by atoms with van der Waals surface area (Å²) in [5.41, 5.74) is 0. The van der Waals surface area contributed by atoms with Crippen molar-refractivity contribution in [2.45, 2.75) is 206 Å². The van der Waals surface area contributed by atoms with Crippen LogP contribution in [0.2, 0.25) is 0 Å². The van der Waals surface area contributed by atoms with Gasteiger partial charge in [0.2, 0.25) is 5.91 Å². The molecule has 0 aromatic rings. The summed E-state index contributed by atoms with van der Waals surface area (Å²) in [6.07, 6.45) is 36.4. The molecule has 7 heteroatoms. The van der Waals surface area contributed by atoms with Crippen molar-refractivity contribution < 1.29 is 22.9 Å². The molecule has 0 fully saturated rings. The highest BCUT2D eigenvalue weighted by Gasteiger charge is 2.24. The Labute approximate surface area is 267 Å². The van der Waals surface area contributed by atoms with Crippen LogP contribution in [0.25, 0.3) is 0 Å². The van der Waals surface area contributed by atoms with E-state index < -0.39 is 28.0 Å². The van der Waals surface area contributed by atoms with Crippen molar-refractivity contribution in [2.75, 3.05) is 5.75 Å². The molecule has 0 aliphatic heterocycles. The lowest BCUT2D eigenvalue weighted by Gasteiger charge is -2.21. The molecule has 0 spiro atoms. The zero-order valence-corrected chi connectivity index (χ0v) is 29.2. The van der Waals surface area contributed by atoms with E-state index in [2.05, 4.69) is 19.2 Å². The monoisotopic (exact) mass is 630 g/mol. The smallest absolute Gasteiger partial charge is 0.267 e. The molecule has 6 nitrogen and oxygen atoms in total. The summed E-state index contributed by atoms with van der Waals surface area (Å²) in [5, 5.41) is 13.1. The van der Waals surface area contributed by atoms with Gasteiger partial charge in [-0.15, -0.1) is 0 Å². The van der Waals surface area contributed by atoms with E-state index in [1.54, 1.807) is 6.08 Å². The zero-order valence-electron chi connectivity index (χ0n) is 28.3. The van der Waals surface area contributed by atoms with Crippen molar-refractivity contribution in [2.24, 2.45) is 0 Å². The molecule has 0 aromatic carbocycles. The van der Waals surface area contributed by atoms with Gasteiger partial charge in [0.15, 0.2) is 0 Å². The molecule has 0 aliphatic carbocycles. The van der Waals surface area contributed by atoms with Gasteiger partial charge in [0.05, 0.1) is 17.9 Å². The van der Waals surface area contributed by atoms with Crippen LogP contribution in [-0.4, -0.2) is 41.9 Å². The van der Waals surface area contributed by atoms with E-state index in [4.69, 9.17) is 0 Å². The topological polar surface area (TPSA) is 104 Å². The summed E-state index contributed by atoms with van der Waals surface area (Å²) >= 11 is 0. The highest BCUT2D eigenvalue weighted by Crippen LogP contribution is 2.15. The average molecular weight is 630 g/mol. The summed E-state index contributed by atoms with van der Waals surface area (Å²) in [6, 6.07) is -1.05. The van der Waals surface area contributed by atoms with Gasteiger partial charge in [-0.1, -0.05) is 180 Å². The number of carbonyl (C=O) groups is 1. The van der Waals surface area contributed by atoms with E-state index in [1.807, 2.05) is 6.08 Å². The second kappa shape index (κ2) is 31.1. The maximum atomic E-state index is 12.4. The lowest BCUT2D eigenvalue weighted by Crippen LogP contribution is -2.46. The number of hydrogen-bond donors (Lipinski definition) is 3. The summed E-state index contributed by atoms with van der Waals surface area (Å²) < 4.78 is 32.2. The van der Waals surface area contributed by atoms with E-state index in [9.17, 15) is 22.9 Å². The van der Waals surface area contributed by atoms with Crippen LogP contribution in [0, 0.1) is 0 Å². The number of allylic oxidation sites excluding steroid dienone is 1. The number of rotatable bonds is 33. The Kier molecular flexibility index (Phi) is 30.4. The molecule has 0 radical (unpaired) electrons. The molecule has 3 N–H and O–H groups in total. The molecule has 256 valence electrons. The zero-order chi connectivity index (χ0) is 31.9. The molecule has 43 heavy (non-hydrogen) atoms. The maximum Gasteiger partial charge on any atom is 0.267 e. The minimum atomic E-state index is -4.33. The molecule has 2 atom stereocenters. The first-order chi connectivity index (χ1) is 20.8. The number of aliphatic hydroxyl groups excluding tert-OH is 1. The summed E-state index contributed by atoms with van der Waals surface area (Å²) in [7, 11) is -4.33. The standard InChI is InChI=1S/C36H71NO5S/c1-3-5-7-9-11-13-14-15-16-17-18-19-20-21-22-23-24-26-28-30-32-36(39)37-34(33-43(40,41)42)35(38)31-29-27-25-12-10-8-6-4-2/h29,31,34-35,38H,3-28,30,32-33H2,1-2H3,(H,37,39)(H,40,41,42)/b31-29+. The number of amides is 1. The van der Waals surface area contributed by atoms with Crippen molar-refractivity contribution in [3.63, 3.8) is 0 Å². The fourth-order valence-corrected chi connectivity index (χ4v) is 6.42. The SMILES string of the molecule is CCCCCCCC/C=C/C(O)C(CS(=O)(=O)O)NC(=O)CCCCCCCCCCCCCCCCCCCCCC. The van der Waals surface area contributed by atoms with Gasteiger partial charge in [0, 0.05) is 6.42 Å².